The molecule has 0 N–H and O–H groups in total. The maximum Gasteiger partial charge on any atom is 0.151 e. The summed E-state index contributed by atoms with van der Waals surface area (Å²) in [6.07, 6.45) is 11.3. The Morgan fingerprint density at radius 3 is 2.71 bits per heavy atom. The Labute approximate surface area is 84.6 Å². The summed E-state index contributed by atoms with van der Waals surface area (Å²) in [5.41, 5.74) is -0.589. The second kappa shape index (κ2) is 4.56. The average molecular weight is 188 g/mol. The van der Waals surface area contributed by atoms with E-state index in [1.165, 1.54) is 0 Å². The molecule has 0 aromatic carbocycles. The number of methoxy groups -OCH3 is 2. The second-order valence-corrected chi connectivity index (χ2v) is 2.84. The Balaban J connectivity index is 2.84. The molecule has 0 aromatic rings. The number of terminal acetylenes is 1. The van der Waals surface area contributed by atoms with Crippen LogP contribution in [0.5, 0.6) is 0 Å². The van der Waals surface area contributed by atoms with Gasteiger partial charge < -0.3 is 9.47 Å². The van der Waals surface area contributed by atoms with Gasteiger partial charge in [-0.25, -0.2) is 0 Å². The summed E-state index contributed by atoms with van der Waals surface area (Å²) in [6.45, 7) is 0. The predicted molar refractivity (Wildman–Crippen MR) is 55.2 cm³/mol. The zero-order chi connectivity index (χ0) is 10.4. The molecule has 1 unspecified atom stereocenters. The van der Waals surface area contributed by atoms with Gasteiger partial charge in [0.2, 0.25) is 0 Å². The van der Waals surface area contributed by atoms with Gasteiger partial charge in [0, 0.05) is 13.5 Å². The van der Waals surface area contributed by atoms with Crippen molar-refractivity contribution in [1.82, 2.24) is 0 Å². The summed E-state index contributed by atoms with van der Waals surface area (Å²) in [7, 11) is 3.24. The minimum atomic E-state index is -0.589. The van der Waals surface area contributed by atoms with E-state index < -0.39 is 5.60 Å². The number of hydrogen-bond acceptors (Lipinski definition) is 2. The standard InChI is InChI=1S/C12H12O2/c1-4-5-8-12(14-3)9-6-11(13-2)7-10-12/h1,6-7,9H,10H2,2-3H3. The third kappa shape index (κ3) is 2.19. The molecule has 2 heteroatoms. The molecule has 0 fully saturated rings. The third-order valence-electron chi connectivity index (χ3n) is 2.07. The van der Waals surface area contributed by atoms with Gasteiger partial charge in [-0.3, -0.25) is 0 Å². The molecular weight excluding hydrogens is 176 g/mol. The smallest absolute Gasteiger partial charge is 0.151 e. The van der Waals surface area contributed by atoms with E-state index in [9.17, 15) is 0 Å². The maximum absolute atomic E-state index is 5.32. The first-order valence-electron chi connectivity index (χ1n) is 4.22. The molecule has 0 spiro atoms. The van der Waals surface area contributed by atoms with Crippen molar-refractivity contribution in [2.24, 2.45) is 0 Å². The van der Waals surface area contributed by atoms with Gasteiger partial charge >= 0.3 is 0 Å². The average Bonchev–Trinajstić information content (AvgIpc) is 2.27. The first-order chi connectivity index (χ1) is 6.76. The lowest BCUT2D eigenvalue weighted by Gasteiger charge is -2.24. The zero-order valence-electron chi connectivity index (χ0n) is 8.33. The molecule has 2 nitrogen and oxygen atoms in total. The van der Waals surface area contributed by atoms with Crippen molar-refractivity contribution < 1.29 is 9.47 Å². The van der Waals surface area contributed by atoms with Crippen LogP contribution in [0.2, 0.25) is 0 Å². The summed E-state index contributed by atoms with van der Waals surface area (Å²) in [6, 6.07) is 0. The number of ether oxygens (including phenoxy) is 2. The van der Waals surface area contributed by atoms with E-state index in [1.807, 2.05) is 18.2 Å². The van der Waals surface area contributed by atoms with Crippen LogP contribution in [0.4, 0.5) is 0 Å². The van der Waals surface area contributed by atoms with E-state index in [2.05, 4.69) is 17.8 Å². The van der Waals surface area contributed by atoms with E-state index >= 15 is 0 Å². The summed E-state index contributed by atoms with van der Waals surface area (Å²) in [5.74, 6) is 8.55. The zero-order valence-corrected chi connectivity index (χ0v) is 8.33. The minimum absolute atomic E-state index is 0.589. The monoisotopic (exact) mass is 188 g/mol. The Morgan fingerprint density at radius 1 is 1.50 bits per heavy atom. The maximum atomic E-state index is 5.32. The number of rotatable bonds is 2. The molecule has 0 amide bonds. The van der Waals surface area contributed by atoms with E-state index in [0.29, 0.717) is 6.42 Å². The molecule has 0 aromatic heterocycles. The Morgan fingerprint density at radius 2 is 2.29 bits per heavy atom. The number of hydrogen-bond donors (Lipinski definition) is 0. The van der Waals surface area contributed by atoms with Crippen molar-refractivity contribution in [2.45, 2.75) is 12.0 Å². The SMILES string of the molecule is C#CC#CC1(OC)C=CC(OC)=CC1. The predicted octanol–water partition coefficient (Wildman–Crippen LogP) is 1.50. The molecule has 0 saturated carbocycles. The Hall–Kier alpha value is -1.64. The highest BCUT2D eigenvalue weighted by Gasteiger charge is 2.25. The fraction of sp³-hybridized carbons (Fsp3) is 0.333. The molecule has 14 heavy (non-hydrogen) atoms. The van der Waals surface area contributed by atoms with Crippen LogP contribution in [0, 0.1) is 24.2 Å². The van der Waals surface area contributed by atoms with Crippen molar-refractivity contribution in [3.63, 3.8) is 0 Å². The molecule has 0 bridgehead atoms. The molecule has 1 atom stereocenters. The van der Waals surface area contributed by atoms with Crippen LogP contribution >= 0.6 is 0 Å². The normalized spacial score (nSPS) is 24.2. The van der Waals surface area contributed by atoms with Crippen molar-refractivity contribution >= 4 is 0 Å². The molecule has 0 aliphatic heterocycles. The molecule has 0 saturated heterocycles. The minimum Gasteiger partial charge on any atom is -0.497 e. The Kier molecular flexibility index (Phi) is 3.40. The fourth-order valence-corrected chi connectivity index (χ4v) is 1.19. The summed E-state index contributed by atoms with van der Waals surface area (Å²) < 4.78 is 10.4. The van der Waals surface area contributed by atoms with E-state index in [0.717, 1.165) is 5.76 Å². The van der Waals surface area contributed by atoms with Gasteiger partial charge in [0.15, 0.2) is 5.60 Å². The van der Waals surface area contributed by atoms with Crippen molar-refractivity contribution in [1.29, 1.82) is 0 Å². The lowest BCUT2D eigenvalue weighted by Crippen LogP contribution is -2.27. The molecule has 1 rings (SSSR count). The van der Waals surface area contributed by atoms with Gasteiger partial charge in [0.1, 0.15) is 5.76 Å². The largest absolute Gasteiger partial charge is 0.497 e. The third-order valence-corrected chi connectivity index (χ3v) is 2.07. The van der Waals surface area contributed by atoms with Gasteiger partial charge in [-0.05, 0) is 36.0 Å². The topological polar surface area (TPSA) is 18.5 Å². The van der Waals surface area contributed by atoms with Crippen molar-refractivity contribution in [3.05, 3.63) is 24.0 Å². The molecule has 1 aliphatic carbocycles. The van der Waals surface area contributed by atoms with Crippen LogP contribution < -0.4 is 0 Å². The van der Waals surface area contributed by atoms with Crippen LogP contribution in [-0.4, -0.2) is 19.8 Å². The van der Waals surface area contributed by atoms with Gasteiger partial charge in [-0.15, -0.1) is 6.42 Å². The summed E-state index contributed by atoms with van der Waals surface area (Å²) in [4.78, 5) is 0. The van der Waals surface area contributed by atoms with E-state index in [1.54, 1.807) is 14.2 Å². The van der Waals surface area contributed by atoms with Crippen molar-refractivity contribution in [2.75, 3.05) is 14.2 Å². The molecule has 72 valence electrons. The van der Waals surface area contributed by atoms with E-state index in [4.69, 9.17) is 15.9 Å². The van der Waals surface area contributed by atoms with Crippen LogP contribution in [0.3, 0.4) is 0 Å². The highest BCUT2D eigenvalue weighted by Crippen LogP contribution is 2.23. The van der Waals surface area contributed by atoms with Crippen molar-refractivity contribution in [3.8, 4) is 24.2 Å². The lowest BCUT2D eigenvalue weighted by atomic mass is 9.95. The van der Waals surface area contributed by atoms with E-state index in [-0.39, 0.29) is 0 Å². The molecular formula is C12H12O2. The summed E-state index contributed by atoms with van der Waals surface area (Å²) >= 11 is 0. The first-order valence-corrected chi connectivity index (χ1v) is 4.22. The summed E-state index contributed by atoms with van der Waals surface area (Å²) in [5, 5.41) is 0. The van der Waals surface area contributed by atoms with Crippen LogP contribution in [0.25, 0.3) is 0 Å². The highest BCUT2D eigenvalue weighted by atomic mass is 16.5. The molecule has 0 heterocycles. The van der Waals surface area contributed by atoms with Crippen LogP contribution in [0.15, 0.2) is 24.0 Å². The lowest BCUT2D eigenvalue weighted by molar-refractivity contribution is 0.0820. The first kappa shape index (κ1) is 10.4. The van der Waals surface area contributed by atoms with Crippen LogP contribution in [-0.2, 0) is 9.47 Å². The Bertz CT molecular complexity index is 360. The van der Waals surface area contributed by atoms with Gasteiger partial charge in [0.05, 0.1) is 7.11 Å². The second-order valence-electron chi connectivity index (χ2n) is 2.84. The van der Waals surface area contributed by atoms with Gasteiger partial charge in [-0.2, -0.15) is 0 Å². The van der Waals surface area contributed by atoms with Gasteiger partial charge in [-0.1, -0.05) is 0 Å². The molecule has 0 radical (unpaired) electrons. The molecule has 1 aliphatic rings. The van der Waals surface area contributed by atoms with Gasteiger partial charge in [0.25, 0.3) is 0 Å². The quantitative estimate of drug-likeness (QED) is 0.611. The highest BCUT2D eigenvalue weighted by molar-refractivity contribution is 5.37. The fourth-order valence-electron chi connectivity index (χ4n) is 1.19. The van der Waals surface area contributed by atoms with Crippen LogP contribution in [0.1, 0.15) is 6.42 Å². The number of allylic oxidation sites excluding steroid dienone is 1.